The van der Waals surface area contributed by atoms with E-state index in [1.807, 2.05) is 27.2 Å². The van der Waals surface area contributed by atoms with Gasteiger partial charge < -0.3 is 28.8 Å². The van der Waals surface area contributed by atoms with E-state index in [0.717, 1.165) is 77.0 Å². The van der Waals surface area contributed by atoms with Crippen LogP contribution < -0.4 is 10.2 Å². The van der Waals surface area contributed by atoms with E-state index >= 15 is 0 Å². The van der Waals surface area contributed by atoms with E-state index in [1.54, 1.807) is 6.08 Å². The maximum atomic E-state index is 12.9. The maximum Gasteiger partial charge on any atom is 0.268 e. The second-order valence-corrected chi connectivity index (χ2v) is 22.4. The zero-order valence-electron chi connectivity index (χ0n) is 46.9. The number of hydrogen-bond acceptors (Lipinski definition) is 6. The normalized spacial score (nSPS) is 14.5. The molecule has 0 aromatic carbocycles. The molecule has 412 valence electrons. The molecule has 0 spiro atoms. The highest BCUT2D eigenvalue weighted by atomic mass is 31.2. The van der Waals surface area contributed by atoms with Crippen LogP contribution in [0.15, 0.2) is 85.1 Å². The van der Waals surface area contributed by atoms with E-state index in [2.05, 4.69) is 92.1 Å². The lowest BCUT2D eigenvalue weighted by atomic mass is 10.0. The molecule has 2 N–H and O–H groups in total. The number of aliphatic hydroxyl groups excluding tert-OH is 1. The molecule has 71 heavy (non-hydrogen) atoms. The number of likely N-dealkylation sites (N-methyl/N-ethyl adjacent to an activating group) is 1. The van der Waals surface area contributed by atoms with Crippen LogP contribution in [-0.4, -0.2) is 68.5 Å². The molecule has 0 aliphatic heterocycles. The Morgan fingerprint density at radius 2 is 0.873 bits per heavy atom. The smallest absolute Gasteiger partial charge is 0.268 e. The van der Waals surface area contributed by atoms with Crippen LogP contribution >= 0.6 is 7.82 Å². The van der Waals surface area contributed by atoms with Crippen molar-refractivity contribution in [3.63, 3.8) is 0 Å². The SMILES string of the molecule is CC/C=C\C/C=C\C/C=C\C/C=C\CCCCCCCCCCCCCCCCCCCCCCCCCCC(=O)NC(COP(=O)([O-])OCC[N+](C)(C)C)C(O)/C=C/CC/C=C/CC/C=C/CCCC. The molecule has 0 aromatic rings. The van der Waals surface area contributed by atoms with Crippen LogP contribution in [0.1, 0.15) is 251 Å². The summed E-state index contributed by atoms with van der Waals surface area (Å²) in [5.41, 5.74) is 0. The monoisotopic (exact) mass is 1010 g/mol. The van der Waals surface area contributed by atoms with Crippen molar-refractivity contribution < 1.29 is 32.9 Å². The van der Waals surface area contributed by atoms with Crippen LogP contribution in [0.25, 0.3) is 0 Å². The van der Waals surface area contributed by atoms with Gasteiger partial charge in [0.1, 0.15) is 13.2 Å². The van der Waals surface area contributed by atoms with Crippen LogP contribution in [0.5, 0.6) is 0 Å². The Morgan fingerprint density at radius 1 is 0.507 bits per heavy atom. The molecular formula is C62H113N2O6P. The number of unbranched alkanes of at least 4 members (excludes halogenated alkanes) is 28. The molecule has 0 fully saturated rings. The standard InChI is InChI=1S/C62H113N2O6P/c1-6-8-10-12-14-16-18-20-21-22-23-24-25-26-27-28-29-30-31-32-33-34-35-36-37-38-39-40-41-42-43-44-46-48-50-52-54-56-62(66)63-60(59-70-71(67,68)69-58-57-64(3,4)5)61(65)55-53-51-49-47-45-19-17-15-13-11-9-7-2/h8,10,13-16,20-21,23-24,45,47,53,55,60-61,65H,6-7,9,11-12,17-19,22,25-44,46,48-52,54,56-59H2,1-5H3,(H-,63,66,67,68)/b10-8-,15-13+,16-14-,21-20-,24-23-,47-45+,55-53+. The lowest BCUT2D eigenvalue weighted by molar-refractivity contribution is -0.870. The van der Waals surface area contributed by atoms with Crippen molar-refractivity contribution >= 4 is 13.7 Å². The van der Waals surface area contributed by atoms with E-state index in [4.69, 9.17) is 9.05 Å². The number of amides is 1. The molecule has 0 rings (SSSR count). The highest BCUT2D eigenvalue weighted by Crippen LogP contribution is 2.38. The zero-order chi connectivity index (χ0) is 52.0. The number of phosphoric ester groups is 1. The first-order valence-electron chi connectivity index (χ1n) is 29.4. The third-order valence-electron chi connectivity index (χ3n) is 12.8. The van der Waals surface area contributed by atoms with E-state index in [1.165, 1.54) is 154 Å². The predicted molar refractivity (Wildman–Crippen MR) is 307 cm³/mol. The van der Waals surface area contributed by atoms with Gasteiger partial charge in [0, 0.05) is 6.42 Å². The zero-order valence-corrected chi connectivity index (χ0v) is 47.8. The van der Waals surface area contributed by atoms with Gasteiger partial charge in [-0.3, -0.25) is 9.36 Å². The molecule has 3 atom stereocenters. The molecule has 9 heteroatoms. The number of aliphatic hydroxyl groups is 1. The fourth-order valence-electron chi connectivity index (χ4n) is 8.22. The predicted octanol–water partition coefficient (Wildman–Crippen LogP) is 17.4. The fraction of sp³-hybridized carbons (Fsp3) is 0.758. The van der Waals surface area contributed by atoms with E-state index in [-0.39, 0.29) is 12.5 Å². The largest absolute Gasteiger partial charge is 0.756 e. The Kier molecular flexibility index (Phi) is 50.8. The van der Waals surface area contributed by atoms with Gasteiger partial charge in [0.25, 0.3) is 7.82 Å². The number of nitrogens with one attached hydrogen (secondary N) is 1. The Labute approximate surface area is 439 Å². The van der Waals surface area contributed by atoms with Gasteiger partial charge in [0.2, 0.25) is 5.91 Å². The Morgan fingerprint density at radius 3 is 1.31 bits per heavy atom. The molecule has 3 unspecified atom stereocenters. The molecule has 0 aliphatic carbocycles. The fourth-order valence-corrected chi connectivity index (χ4v) is 8.95. The maximum absolute atomic E-state index is 12.9. The summed E-state index contributed by atoms with van der Waals surface area (Å²) in [6.07, 6.45) is 74.1. The summed E-state index contributed by atoms with van der Waals surface area (Å²) >= 11 is 0. The molecule has 0 saturated heterocycles. The summed E-state index contributed by atoms with van der Waals surface area (Å²) in [5.74, 6) is -0.211. The minimum Gasteiger partial charge on any atom is -0.756 e. The molecule has 0 aromatic heterocycles. The minimum absolute atomic E-state index is 0.0103. The summed E-state index contributed by atoms with van der Waals surface area (Å²) in [5, 5.41) is 13.8. The van der Waals surface area contributed by atoms with Crippen LogP contribution in [0.3, 0.4) is 0 Å². The van der Waals surface area contributed by atoms with Crippen molar-refractivity contribution in [2.75, 3.05) is 40.9 Å². The van der Waals surface area contributed by atoms with Crippen LogP contribution in [0.2, 0.25) is 0 Å². The highest BCUT2D eigenvalue weighted by Gasteiger charge is 2.23. The average molecular weight is 1010 g/mol. The topological polar surface area (TPSA) is 108 Å². The van der Waals surface area contributed by atoms with Crippen LogP contribution in [-0.2, 0) is 18.4 Å². The van der Waals surface area contributed by atoms with Crippen molar-refractivity contribution in [1.29, 1.82) is 0 Å². The van der Waals surface area contributed by atoms with Gasteiger partial charge in [-0.25, -0.2) is 0 Å². The van der Waals surface area contributed by atoms with E-state index in [0.29, 0.717) is 17.4 Å². The number of carbonyl (C=O) groups excluding carboxylic acids is 1. The second-order valence-electron chi connectivity index (χ2n) is 20.9. The average Bonchev–Trinajstić information content (AvgIpc) is 3.33. The van der Waals surface area contributed by atoms with Gasteiger partial charge >= 0.3 is 0 Å². The molecule has 0 heterocycles. The minimum atomic E-state index is -4.60. The summed E-state index contributed by atoms with van der Waals surface area (Å²) in [4.78, 5) is 25.4. The van der Waals surface area contributed by atoms with Crippen molar-refractivity contribution in [1.82, 2.24) is 5.32 Å². The Bertz CT molecular complexity index is 1430. The molecule has 0 aliphatic rings. The van der Waals surface area contributed by atoms with Crippen molar-refractivity contribution in [2.45, 2.75) is 264 Å². The summed E-state index contributed by atoms with van der Waals surface area (Å²) in [7, 11) is 1.23. The summed E-state index contributed by atoms with van der Waals surface area (Å²) in [6, 6.07) is -0.910. The van der Waals surface area contributed by atoms with Gasteiger partial charge in [0.05, 0.1) is 39.9 Å². The first-order chi connectivity index (χ1) is 34.5. The molecule has 0 bridgehead atoms. The van der Waals surface area contributed by atoms with Gasteiger partial charge in [0.15, 0.2) is 0 Å². The first kappa shape index (κ1) is 68.7. The summed E-state index contributed by atoms with van der Waals surface area (Å²) < 4.78 is 23.2. The van der Waals surface area contributed by atoms with E-state index in [9.17, 15) is 19.4 Å². The second kappa shape index (κ2) is 52.5. The van der Waals surface area contributed by atoms with Gasteiger partial charge in [-0.1, -0.05) is 253 Å². The van der Waals surface area contributed by atoms with Gasteiger partial charge in [-0.05, 0) is 77.0 Å². The first-order valence-corrected chi connectivity index (χ1v) is 30.9. The highest BCUT2D eigenvalue weighted by molar-refractivity contribution is 7.45. The molecule has 0 saturated carbocycles. The quantitative estimate of drug-likeness (QED) is 0.0272. The molecule has 8 nitrogen and oxygen atoms in total. The lowest BCUT2D eigenvalue weighted by Gasteiger charge is -2.29. The summed E-state index contributed by atoms with van der Waals surface area (Å²) in [6.45, 7) is 4.46. The Hall–Kier alpha value is -2.32. The van der Waals surface area contributed by atoms with Crippen molar-refractivity contribution in [2.24, 2.45) is 0 Å². The number of carbonyl (C=O) groups is 1. The van der Waals surface area contributed by atoms with Crippen molar-refractivity contribution in [3.8, 4) is 0 Å². The third-order valence-corrected chi connectivity index (χ3v) is 13.8. The third kappa shape index (κ3) is 55.3. The van der Waals surface area contributed by atoms with Gasteiger partial charge in [-0.15, -0.1) is 0 Å². The number of allylic oxidation sites excluding steroid dienone is 13. The molecule has 0 radical (unpaired) electrons. The Balaban J connectivity index is 3.93. The van der Waals surface area contributed by atoms with Crippen LogP contribution in [0.4, 0.5) is 0 Å². The van der Waals surface area contributed by atoms with Gasteiger partial charge in [-0.2, -0.15) is 0 Å². The number of phosphoric acid groups is 1. The van der Waals surface area contributed by atoms with Crippen molar-refractivity contribution in [3.05, 3.63) is 85.1 Å². The number of hydrogen-bond donors (Lipinski definition) is 2. The number of rotatable bonds is 53. The number of quaternary nitrogens is 1. The number of nitrogens with zero attached hydrogens (tertiary/aromatic N) is 1. The molecule has 1 amide bonds. The van der Waals surface area contributed by atoms with E-state index < -0.39 is 26.6 Å². The molecular weight excluding hydrogens is 900 g/mol. The van der Waals surface area contributed by atoms with Crippen LogP contribution in [0, 0.1) is 0 Å². The lowest BCUT2D eigenvalue weighted by Crippen LogP contribution is -2.45.